The number of aryl methyl sites for hydroxylation is 1. The van der Waals surface area contributed by atoms with Crippen LogP contribution >= 0.6 is 0 Å². The van der Waals surface area contributed by atoms with Crippen molar-refractivity contribution in [2.24, 2.45) is 0 Å². The summed E-state index contributed by atoms with van der Waals surface area (Å²) in [6.07, 6.45) is 6.84. The van der Waals surface area contributed by atoms with Crippen molar-refractivity contribution < 1.29 is 4.74 Å². The molecular weight excluding hydrogens is 336 g/mol. The number of benzene rings is 1. The van der Waals surface area contributed by atoms with Gasteiger partial charge in [0.05, 0.1) is 30.9 Å². The fourth-order valence-corrected chi connectivity index (χ4v) is 4.28. The summed E-state index contributed by atoms with van der Waals surface area (Å²) in [5.74, 6) is 0. The van der Waals surface area contributed by atoms with Crippen molar-refractivity contribution in [3.63, 3.8) is 0 Å². The summed E-state index contributed by atoms with van der Waals surface area (Å²) in [6.45, 7) is 8.96. The van der Waals surface area contributed by atoms with Crippen LogP contribution in [0.3, 0.4) is 0 Å². The number of rotatable bonds is 4. The van der Waals surface area contributed by atoms with Crippen LogP contribution in [0, 0.1) is 18.3 Å². The molecular formula is C22H28N4O. The number of nitrogens with zero attached hydrogens (tertiary/aromatic N) is 3. The second-order valence-electron chi connectivity index (χ2n) is 7.77. The van der Waals surface area contributed by atoms with E-state index in [1.165, 1.54) is 16.7 Å². The molecule has 1 fully saturated rings. The van der Waals surface area contributed by atoms with E-state index in [0.29, 0.717) is 18.2 Å². The molecule has 2 heterocycles. The lowest BCUT2D eigenvalue weighted by molar-refractivity contribution is -0.0281. The highest BCUT2D eigenvalue weighted by atomic mass is 16.5. The molecule has 0 saturated carbocycles. The van der Waals surface area contributed by atoms with E-state index in [9.17, 15) is 0 Å². The average Bonchev–Trinajstić information content (AvgIpc) is 3.10. The summed E-state index contributed by atoms with van der Waals surface area (Å²) in [4.78, 5) is 0. The Morgan fingerprint density at radius 3 is 3.07 bits per heavy atom. The topological polar surface area (TPSA) is 51.5 Å². The van der Waals surface area contributed by atoms with Gasteiger partial charge in [0.1, 0.15) is 0 Å². The fraction of sp³-hybridized carbons (Fsp3) is 0.500. The molecule has 142 valence electrons. The van der Waals surface area contributed by atoms with Gasteiger partial charge in [-0.05, 0) is 67.2 Å². The summed E-state index contributed by atoms with van der Waals surface area (Å²) in [7, 11) is 0. The van der Waals surface area contributed by atoms with Crippen LogP contribution in [0.25, 0.3) is 0 Å². The molecule has 1 aromatic rings. The van der Waals surface area contributed by atoms with Gasteiger partial charge >= 0.3 is 0 Å². The predicted molar refractivity (Wildman–Crippen MR) is 106 cm³/mol. The van der Waals surface area contributed by atoms with Crippen LogP contribution in [0.2, 0.25) is 0 Å². The molecule has 0 aromatic heterocycles. The Kier molecular flexibility index (Phi) is 5.31. The quantitative estimate of drug-likeness (QED) is 0.890. The maximum Gasteiger partial charge on any atom is 0.0991 e. The van der Waals surface area contributed by atoms with Crippen molar-refractivity contribution >= 4 is 0 Å². The van der Waals surface area contributed by atoms with Gasteiger partial charge in [0.25, 0.3) is 0 Å². The van der Waals surface area contributed by atoms with Crippen LogP contribution in [0.5, 0.6) is 0 Å². The van der Waals surface area contributed by atoms with E-state index >= 15 is 0 Å². The van der Waals surface area contributed by atoms with Gasteiger partial charge in [0, 0.05) is 31.9 Å². The van der Waals surface area contributed by atoms with Gasteiger partial charge in [-0.3, -0.25) is 0 Å². The predicted octanol–water partition coefficient (Wildman–Crippen LogP) is 2.88. The lowest BCUT2D eigenvalue weighted by atomic mass is 10.1. The van der Waals surface area contributed by atoms with Crippen LogP contribution in [0.1, 0.15) is 36.5 Å². The summed E-state index contributed by atoms with van der Waals surface area (Å²) in [5, 5.41) is 17.4. The van der Waals surface area contributed by atoms with Crippen LogP contribution < -0.4 is 5.32 Å². The molecule has 1 aliphatic carbocycles. The highest BCUT2D eigenvalue weighted by molar-refractivity contribution is 5.38. The second-order valence-corrected chi connectivity index (χ2v) is 7.77. The van der Waals surface area contributed by atoms with E-state index in [-0.39, 0.29) is 6.10 Å². The summed E-state index contributed by atoms with van der Waals surface area (Å²) in [6, 6.07) is 8.55. The van der Waals surface area contributed by atoms with Crippen LogP contribution in [-0.2, 0) is 11.3 Å². The summed E-state index contributed by atoms with van der Waals surface area (Å²) >= 11 is 0. The molecule has 5 nitrogen and oxygen atoms in total. The maximum atomic E-state index is 9.14. The SMILES string of the molecule is Cc1ccc(C#N)cc1CO[C@H]1CCC2=C1CN(N1CCNC[C@H]1C)C=C2. The molecule has 1 saturated heterocycles. The van der Waals surface area contributed by atoms with E-state index in [1.54, 1.807) is 0 Å². The van der Waals surface area contributed by atoms with Crippen molar-refractivity contribution in [2.45, 2.75) is 45.4 Å². The van der Waals surface area contributed by atoms with Crippen molar-refractivity contribution in [2.75, 3.05) is 26.2 Å². The number of hydrogen-bond donors (Lipinski definition) is 1. The number of allylic oxidation sites excluding steroid dienone is 2. The van der Waals surface area contributed by atoms with Crippen LogP contribution in [0.4, 0.5) is 0 Å². The normalized spacial score (nSPS) is 25.6. The molecule has 3 aliphatic rings. The van der Waals surface area contributed by atoms with Gasteiger partial charge < -0.3 is 15.1 Å². The van der Waals surface area contributed by atoms with E-state index in [2.05, 4.69) is 47.5 Å². The lowest BCUT2D eigenvalue weighted by Crippen LogP contribution is -2.56. The average molecular weight is 364 g/mol. The third-order valence-corrected chi connectivity index (χ3v) is 5.97. The molecule has 0 unspecified atom stereocenters. The zero-order chi connectivity index (χ0) is 18.8. The number of piperazine rings is 1. The van der Waals surface area contributed by atoms with Gasteiger partial charge in [-0.2, -0.15) is 5.26 Å². The Hall–Kier alpha value is -2.13. The smallest absolute Gasteiger partial charge is 0.0991 e. The molecule has 0 spiro atoms. The van der Waals surface area contributed by atoms with Crippen molar-refractivity contribution in [3.05, 3.63) is 58.3 Å². The molecule has 1 N–H and O–H groups in total. The lowest BCUT2D eigenvalue weighted by Gasteiger charge is -2.43. The summed E-state index contributed by atoms with van der Waals surface area (Å²) in [5.41, 5.74) is 5.87. The molecule has 0 bridgehead atoms. The van der Waals surface area contributed by atoms with Crippen molar-refractivity contribution in [1.82, 2.24) is 15.3 Å². The zero-order valence-electron chi connectivity index (χ0n) is 16.2. The highest BCUT2D eigenvalue weighted by Gasteiger charge is 2.31. The fourth-order valence-electron chi connectivity index (χ4n) is 4.28. The van der Waals surface area contributed by atoms with Crippen LogP contribution in [-0.4, -0.2) is 48.3 Å². The van der Waals surface area contributed by atoms with Gasteiger partial charge in [-0.25, -0.2) is 5.01 Å². The number of ether oxygens (including phenoxy) is 1. The monoisotopic (exact) mass is 364 g/mol. The number of hydrogen-bond acceptors (Lipinski definition) is 5. The largest absolute Gasteiger partial charge is 0.369 e. The van der Waals surface area contributed by atoms with Gasteiger partial charge in [0.15, 0.2) is 0 Å². The standard InChI is InChI=1S/C22H28N4O/c1-16-3-4-18(12-23)11-20(16)15-27-22-6-5-19-7-9-25(14-21(19)22)26-10-8-24-13-17(26)2/h3-4,7,9,11,17,22,24H,5-6,8,10,13-15H2,1-2H3/t17-,22+/m1/s1. The summed E-state index contributed by atoms with van der Waals surface area (Å²) < 4.78 is 6.34. The number of nitrogens with one attached hydrogen (secondary N) is 1. The minimum absolute atomic E-state index is 0.177. The minimum Gasteiger partial charge on any atom is -0.369 e. The highest BCUT2D eigenvalue weighted by Crippen LogP contribution is 2.34. The first kappa shape index (κ1) is 18.2. The van der Waals surface area contributed by atoms with Gasteiger partial charge in [0.2, 0.25) is 0 Å². The van der Waals surface area contributed by atoms with Crippen molar-refractivity contribution in [1.29, 1.82) is 5.26 Å². The Bertz CT molecular complexity index is 807. The molecule has 0 radical (unpaired) electrons. The van der Waals surface area contributed by atoms with E-state index in [4.69, 9.17) is 10.00 Å². The molecule has 5 heteroatoms. The Labute approximate surface area is 161 Å². The van der Waals surface area contributed by atoms with Gasteiger partial charge in [-0.1, -0.05) is 6.07 Å². The first-order chi connectivity index (χ1) is 13.2. The third-order valence-electron chi connectivity index (χ3n) is 5.97. The van der Waals surface area contributed by atoms with Gasteiger partial charge in [-0.15, -0.1) is 0 Å². The first-order valence-electron chi connectivity index (χ1n) is 9.91. The second kappa shape index (κ2) is 7.85. The number of hydrazine groups is 1. The Morgan fingerprint density at radius 2 is 2.26 bits per heavy atom. The third kappa shape index (κ3) is 3.79. The molecule has 1 aromatic carbocycles. The molecule has 2 aliphatic heterocycles. The zero-order valence-corrected chi connectivity index (χ0v) is 16.2. The Balaban J connectivity index is 1.43. The van der Waals surface area contributed by atoms with Crippen LogP contribution in [0.15, 0.2) is 41.6 Å². The van der Waals surface area contributed by atoms with E-state index in [1.807, 2.05) is 18.2 Å². The molecule has 27 heavy (non-hydrogen) atoms. The molecule has 4 rings (SSSR count). The molecule has 2 atom stereocenters. The Morgan fingerprint density at radius 1 is 1.37 bits per heavy atom. The maximum absolute atomic E-state index is 9.14. The minimum atomic E-state index is 0.177. The number of nitriles is 1. The van der Waals surface area contributed by atoms with E-state index < -0.39 is 0 Å². The first-order valence-corrected chi connectivity index (χ1v) is 9.91. The van der Waals surface area contributed by atoms with Crippen molar-refractivity contribution in [3.8, 4) is 6.07 Å². The van der Waals surface area contributed by atoms with E-state index in [0.717, 1.165) is 44.6 Å². The molecule has 0 amide bonds.